The zero-order chi connectivity index (χ0) is 27.9. The molecule has 0 spiro atoms. The predicted molar refractivity (Wildman–Crippen MR) is 155 cm³/mol. The molecule has 0 bridgehead atoms. The number of allylic oxidation sites excluding steroid dienone is 3. The smallest absolute Gasteiger partial charge is 0.192 e. The van der Waals surface area contributed by atoms with E-state index in [2.05, 4.69) is 66.8 Å². The Morgan fingerprint density at radius 2 is 1.84 bits per heavy atom. The Labute approximate surface area is 226 Å². The van der Waals surface area contributed by atoms with Crippen LogP contribution in [-0.2, 0) is 20.6 Å². The highest BCUT2D eigenvalue weighted by molar-refractivity contribution is 6.74. The third-order valence-electron chi connectivity index (χ3n) is 8.25. The van der Waals surface area contributed by atoms with Crippen molar-refractivity contribution in [3.8, 4) is 11.5 Å². The Morgan fingerprint density at radius 3 is 2.43 bits per heavy atom. The van der Waals surface area contributed by atoms with Gasteiger partial charge >= 0.3 is 0 Å². The summed E-state index contributed by atoms with van der Waals surface area (Å²) in [4.78, 5) is 13.8. The van der Waals surface area contributed by atoms with E-state index in [1.807, 2.05) is 18.2 Å². The molecule has 1 aromatic carbocycles. The molecule has 6 heteroatoms. The van der Waals surface area contributed by atoms with E-state index >= 15 is 0 Å². The molecular formula is C31H50O5Si. The van der Waals surface area contributed by atoms with Crippen molar-refractivity contribution in [1.82, 2.24) is 0 Å². The number of methoxy groups -OCH3 is 2. The van der Waals surface area contributed by atoms with E-state index in [0.29, 0.717) is 26.2 Å². The van der Waals surface area contributed by atoms with E-state index in [9.17, 15) is 4.79 Å². The Balaban J connectivity index is 2.12. The van der Waals surface area contributed by atoms with Crippen LogP contribution in [0.3, 0.4) is 0 Å². The molecule has 37 heavy (non-hydrogen) atoms. The number of rotatable bonds is 13. The number of carbonyl (C=O) groups excluding carboxylic acids is 1. The topological polar surface area (TPSA) is 54.0 Å². The number of hydrogen-bond acceptors (Lipinski definition) is 5. The maximum Gasteiger partial charge on any atom is 0.192 e. The average Bonchev–Trinajstić information content (AvgIpc) is 2.82. The minimum Gasteiger partial charge on any atom is -0.497 e. The van der Waals surface area contributed by atoms with Crippen LogP contribution >= 0.6 is 0 Å². The van der Waals surface area contributed by atoms with Gasteiger partial charge in [0.15, 0.2) is 14.1 Å². The largest absolute Gasteiger partial charge is 0.497 e. The van der Waals surface area contributed by atoms with Gasteiger partial charge < -0.3 is 18.6 Å². The van der Waals surface area contributed by atoms with Gasteiger partial charge in [-0.15, -0.1) is 0 Å². The molecule has 0 saturated carbocycles. The predicted octanol–water partition coefficient (Wildman–Crippen LogP) is 7.90. The monoisotopic (exact) mass is 530 g/mol. The molecule has 5 nitrogen and oxygen atoms in total. The van der Waals surface area contributed by atoms with Gasteiger partial charge in [0.2, 0.25) is 0 Å². The molecule has 0 aliphatic heterocycles. The van der Waals surface area contributed by atoms with Crippen LogP contribution in [0.25, 0.3) is 0 Å². The quantitative estimate of drug-likeness (QED) is 0.147. The summed E-state index contributed by atoms with van der Waals surface area (Å²) in [6, 6.07) is 5.74. The first-order chi connectivity index (χ1) is 17.2. The van der Waals surface area contributed by atoms with E-state index in [1.54, 1.807) is 14.2 Å². The van der Waals surface area contributed by atoms with Crippen molar-refractivity contribution in [1.29, 1.82) is 0 Å². The summed E-state index contributed by atoms with van der Waals surface area (Å²) in [7, 11) is 1.35. The van der Waals surface area contributed by atoms with Crippen LogP contribution in [0.15, 0.2) is 41.5 Å². The number of carbonyl (C=O) groups is 1. The number of hydrogen-bond donors (Lipinski definition) is 0. The number of ketones is 1. The maximum absolute atomic E-state index is 13.8. The number of ether oxygens (including phenoxy) is 3. The second-order valence-electron chi connectivity index (χ2n) is 12.4. The van der Waals surface area contributed by atoms with Gasteiger partial charge in [-0.3, -0.25) is 4.79 Å². The van der Waals surface area contributed by atoms with Crippen LogP contribution in [-0.4, -0.2) is 41.5 Å². The zero-order valence-corrected chi connectivity index (χ0v) is 26.0. The second kappa shape index (κ2) is 13.3. The molecule has 1 aliphatic rings. The van der Waals surface area contributed by atoms with Crippen molar-refractivity contribution in [3.05, 3.63) is 47.1 Å². The van der Waals surface area contributed by atoms with E-state index in [0.717, 1.165) is 41.9 Å². The van der Waals surface area contributed by atoms with E-state index in [-0.39, 0.29) is 22.2 Å². The van der Waals surface area contributed by atoms with Crippen LogP contribution < -0.4 is 9.47 Å². The highest BCUT2D eigenvalue weighted by Gasteiger charge is 2.43. The molecule has 0 N–H and O–H groups in total. The van der Waals surface area contributed by atoms with Crippen LogP contribution in [0.5, 0.6) is 11.5 Å². The Bertz CT molecular complexity index is 968. The van der Waals surface area contributed by atoms with Crippen molar-refractivity contribution >= 4 is 14.1 Å². The molecule has 1 aromatic rings. The summed E-state index contributed by atoms with van der Waals surface area (Å²) in [6.45, 7) is 19.1. The van der Waals surface area contributed by atoms with Gasteiger partial charge in [-0.05, 0) is 75.2 Å². The maximum atomic E-state index is 13.8. The zero-order valence-electron chi connectivity index (χ0n) is 25.0. The van der Waals surface area contributed by atoms with E-state index < -0.39 is 8.32 Å². The van der Waals surface area contributed by atoms with Crippen molar-refractivity contribution < 1.29 is 23.4 Å². The van der Waals surface area contributed by atoms with Crippen molar-refractivity contribution in [2.24, 2.45) is 11.3 Å². The summed E-state index contributed by atoms with van der Waals surface area (Å²) < 4.78 is 23.3. The van der Waals surface area contributed by atoms with Gasteiger partial charge in [0.05, 0.1) is 27.4 Å². The molecule has 2 rings (SSSR count). The fourth-order valence-corrected chi connectivity index (χ4v) is 5.49. The van der Waals surface area contributed by atoms with Gasteiger partial charge in [0.25, 0.3) is 0 Å². The normalized spacial score (nSPS) is 20.4. The van der Waals surface area contributed by atoms with Crippen LogP contribution in [0, 0.1) is 11.3 Å². The highest BCUT2D eigenvalue weighted by atomic mass is 28.4. The average molecular weight is 531 g/mol. The molecule has 0 radical (unpaired) electrons. The Morgan fingerprint density at radius 1 is 1.14 bits per heavy atom. The van der Waals surface area contributed by atoms with Crippen LogP contribution in [0.2, 0.25) is 18.1 Å². The summed E-state index contributed by atoms with van der Waals surface area (Å²) in [6.07, 6.45) is 7.98. The third kappa shape index (κ3) is 8.56. The van der Waals surface area contributed by atoms with E-state index in [1.165, 1.54) is 5.57 Å². The van der Waals surface area contributed by atoms with Gasteiger partial charge in [-0.1, -0.05) is 45.4 Å². The molecular weight excluding hydrogens is 480 g/mol. The molecule has 208 valence electrons. The minimum absolute atomic E-state index is 0.0844. The molecule has 0 heterocycles. The van der Waals surface area contributed by atoms with Crippen LogP contribution in [0.1, 0.15) is 72.8 Å². The summed E-state index contributed by atoms with van der Waals surface area (Å²) >= 11 is 0. The van der Waals surface area contributed by atoms with Gasteiger partial charge in [-0.2, -0.15) is 0 Å². The SMILES string of the molecule is COc1ccc(COCC[C@H]2C(=O)C(CO[Si](C)(C)C(C)(C)C)=CC[C@]2(C)CCC=C(C)C)c(OC)c1. The molecule has 0 amide bonds. The standard InChI is InChI=1S/C31H50O5Si/c1-23(2)12-11-17-31(6)18-15-25(22-36-37(9,10)30(3,4)5)29(32)27(31)16-19-35-21-24-13-14-26(33-7)20-28(24)34-8/h12-15,20,27H,11,16-19,21-22H2,1-10H3/t27-,31-/m0/s1. The highest BCUT2D eigenvalue weighted by Crippen LogP contribution is 2.45. The molecule has 1 aliphatic carbocycles. The first-order valence-electron chi connectivity index (χ1n) is 13.5. The Kier molecular flexibility index (Phi) is 11.2. The summed E-state index contributed by atoms with van der Waals surface area (Å²) in [5, 5.41) is 0.111. The second-order valence-corrected chi connectivity index (χ2v) is 17.2. The molecule has 2 atom stereocenters. The lowest BCUT2D eigenvalue weighted by molar-refractivity contribution is -0.125. The lowest BCUT2D eigenvalue weighted by Gasteiger charge is -2.41. The molecule has 0 aromatic heterocycles. The van der Waals surface area contributed by atoms with Crippen molar-refractivity contribution in [2.75, 3.05) is 27.4 Å². The third-order valence-corrected chi connectivity index (χ3v) is 12.7. The molecule has 0 saturated heterocycles. The molecule has 0 unspecified atom stereocenters. The van der Waals surface area contributed by atoms with Crippen LogP contribution in [0.4, 0.5) is 0 Å². The van der Waals surface area contributed by atoms with Gasteiger partial charge in [0, 0.05) is 29.7 Å². The Hall–Kier alpha value is -1.89. The van der Waals surface area contributed by atoms with Crippen molar-refractivity contribution in [2.45, 2.75) is 92.0 Å². The molecule has 0 fully saturated rings. The fourth-order valence-electron chi connectivity index (χ4n) is 4.55. The first kappa shape index (κ1) is 31.3. The summed E-state index contributed by atoms with van der Waals surface area (Å²) in [5.74, 6) is 1.64. The van der Waals surface area contributed by atoms with E-state index in [4.69, 9.17) is 18.6 Å². The fraction of sp³-hybridized carbons (Fsp3) is 0.645. The summed E-state index contributed by atoms with van der Waals surface area (Å²) in [5.41, 5.74) is 3.03. The lowest BCUT2D eigenvalue weighted by atomic mass is 9.64. The van der Waals surface area contributed by atoms with Gasteiger partial charge in [-0.25, -0.2) is 0 Å². The number of Topliss-reactive ketones (excluding diaryl/α,β-unsaturated/α-hetero) is 1. The van der Waals surface area contributed by atoms with Crippen molar-refractivity contribution in [3.63, 3.8) is 0 Å². The minimum atomic E-state index is -1.94. The van der Waals surface area contributed by atoms with Gasteiger partial charge in [0.1, 0.15) is 11.5 Å². The number of benzene rings is 1. The first-order valence-corrected chi connectivity index (χ1v) is 16.4. The lowest BCUT2D eigenvalue weighted by Crippen LogP contribution is -2.43.